The largest absolute Gasteiger partial charge is 0.314 e. The molecule has 3 aliphatic rings. The summed E-state index contributed by atoms with van der Waals surface area (Å²) >= 11 is 0. The minimum Gasteiger partial charge on any atom is -0.314 e. The van der Waals surface area contributed by atoms with E-state index in [9.17, 15) is 0 Å². The van der Waals surface area contributed by atoms with E-state index in [-0.39, 0.29) is 0 Å². The van der Waals surface area contributed by atoms with Crippen molar-refractivity contribution in [1.82, 2.24) is 10.2 Å². The monoisotopic (exact) mass is 236 g/mol. The van der Waals surface area contributed by atoms with Gasteiger partial charge in [-0.3, -0.25) is 4.90 Å². The van der Waals surface area contributed by atoms with Gasteiger partial charge >= 0.3 is 0 Å². The number of hydrogen-bond acceptors (Lipinski definition) is 2. The van der Waals surface area contributed by atoms with E-state index in [0.29, 0.717) is 0 Å². The summed E-state index contributed by atoms with van der Waals surface area (Å²) in [4.78, 5) is 2.87. The van der Waals surface area contributed by atoms with Crippen LogP contribution in [0.15, 0.2) is 0 Å². The third kappa shape index (κ3) is 2.53. The Bertz CT molecular complexity index is 252. The topological polar surface area (TPSA) is 15.3 Å². The molecule has 1 saturated carbocycles. The molecule has 0 spiro atoms. The maximum atomic E-state index is 3.74. The highest BCUT2D eigenvalue weighted by atomic mass is 15.2. The minimum absolute atomic E-state index is 0.820. The second-order valence-electron chi connectivity index (χ2n) is 6.68. The normalized spacial score (nSPS) is 45.2. The van der Waals surface area contributed by atoms with Crippen LogP contribution >= 0.6 is 0 Å². The molecule has 2 bridgehead atoms. The minimum atomic E-state index is 0.820. The number of hydrogen-bond donors (Lipinski definition) is 1. The molecule has 2 heterocycles. The van der Waals surface area contributed by atoms with Crippen LogP contribution < -0.4 is 5.32 Å². The molecule has 0 aromatic rings. The fourth-order valence-electron chi connectivity index (χ4n) is 4.01. The van der Waals surface area contributed by atoms with Crippen LogP contribution in [0.3, 0.4) is 0 Å². The van der Waals surface area contributed by atoms with E-state index in [4.69, 9.17) is 0 Å². The van der Waals surface area contributed by atoms with Gasteiger partial charge in [0.1, 0.15) is 0 Å². The average Bonchev–Trinajstić information content (AvgIpc) is 2.96. The maximum Gasteiger partial charge on any atom is 0.0114 e. The molecule has 2 heteroatoms. The molecule has 2 saturated heterocycles. The third-order valence-corrected chi connectivity index (χ3v) is 5.29. The van der Waals surface area contributed by atoms with Crippen molar-refractivity contribution < 1.29 is 0 Å². The van der Waals surface area contributed by atoms with Crippen molar-refractivity contribution in [2.24, 2.45) is 11.8 Å². The fourth-order valence-corrected chi connectivity index (χ4v) is 4.01. The number of piperidine rings is 1. The Morgan fingerprint density at radius 1 is 1.12 bits per heavy atom. The van der Waals surface area contributed by atoms with Crippen LogP contribution in [0.4, 0.5) is 0 Å². The predicted molar refractivity (Wildman–Crippen MR) is 72.1 cm³/mol. The van der Waals surface area contributed by atoms with Crippen LogP contribution in [-0.2, 0) is 0 Å². The van der Waals surface area contributed by atoms with Crippen LogP contribution in [0, 0.1) is 11.8 Å². The quantitative estimate of drug-likeness (QED) is 0.789. The number of nitrogens with one attached hydrogen (secondary N) is 1. The van der Waals surface area contributed by atoms with Gasteiger partial charge in [0.05, 0.1) is 0 Å². The molecule has 0 aromatic carbocycles. The molecular formula is C15H28N2. The van der Waals surface area contributed by atoms with Gasteiger partial charge in [0.15, 0.2) is 0 Å². The van der Waals surface area contributed by atoms with E-state index >= 15 is 0 Å². The highest BCUT2D eigenvalue weighted by Crippen LogP contribution is 2.43. The first-order chi connectivity index (χ1) is 8.28. The lowest BCUT2D eigenvalue weighted by Gasteiger charge is -2.39. The van der Waals surface area contributed by atoms with Crippen molar-refractivity contribution in [3.8, 4) is 0 Å². The lowest BCUT2D eigenvalue weighted by atomic mass is 9.96. The van der Waals surface area contributed by atoms with E-state index < -0.39 is 0 Å². The highest BCUT2D eigenvalue weighted by Gasteiger charge is 2.44. The molecule has 1 N–H and O–H groups in total. The second-order valence-corrected chi connectivity index (χ2v) is 6.68. The Morgan fingerprint density at radius 2 is 1.76 bits per heavy atom. The molecule has 3 fully saturated rings. The highest BCUT2D eigenvalue weighted by molar-refractivity contribution is 4.99. The molecular weight excluding hydrogens is 208 g/mol. The van der Waals surface area contributed by atoms with E-state index in [2.05, 4.69) is 24.1 Å². The first kappa shape index (κ1) is 12.0. The van der Waals surface area contributed by atoms with Crippen LogP contribution in [-0.4, -0.2) is 36.1 Å². The van der Waals surface area contributed by atoms with Gasteiger partial charge in [0.2, 0.25) is 0 Å². The molecule has 17 heavy (non-hydrogen) atoms. The van der Waals surface area contributed by atoms with Gasteiger partial charge in [-0.05, 0) is 56.9 Å². The first-order valence-corrected chi connectivity index (χ1v) is 7.77. The predicted octanol–water partition coefficient (Wildman–Crippen LogP) is 2.64. The van der Waals surface area contributed by atoms with Gasteiger partial charge in [0, 0.05) is 24.7 Å². The molecule has 4 unspecified atom stereocenters. The molecule has 2 aliphatic heterocycles. The average molecular weight is 236 g/mol. The van der Waals surface area contributed by atoms with Crippen molar-refractivity contribution in [3.05, 3.63) is 0 Å². The van der Waals surface area contributed by atoms with Crippen molar-refractivity contribution in [2.45, 2.75) is 70.5 Å². The lowest BCUT2D eigenvalue weighted by molar-refractivity contribution is 0.110. The van der Waals surface area contributed by atoms with Gasteiger partial charge in [-0.15, -0.1) is 0 Å². The number of nitrogens with zero attached hydrogens (tertiary/aromatic N) is 1. The van der Waals surface area contributed by atoms with Crippen molar-refractivity contribution in [1.29, 1.82) is 0 Å². The fraction of sp³-hybridized carbons (Fsp3) is 1.00. The zero-order valence-electron chi connectivity index (χ0n) is 11.5. The lowest BCUT2D eigenvalue weighted by Crippen LogP contribution is -2.49. The molecule has 3 rings (SSSR count). The zero-order chi connectivity index (χ0) is 11.8. The van der Waals surface area contributed by atoms with Gasteiger partial charge in [-0.1, -0.05) is 13.8 Å². The van der Waals surface area contributed by atoms with Crippen LogP contribution in [0.2, 0.25) is 0 Å². The van der Waals surface area contributed by atoms with Crippen LogP contribution in [0.5, 0.6) is 0 Å². The molecule has 98 valence electrons. The van der Waals surface area contributed by atoms with Crippen LogP contribution in [0.1, 0.15) is 52.4 Å². The van der Waals surface area contributed by atoms with Gasteiger partial charge in [-0.2, -0.15) is 0 Å². The summed E-state index contributed by atoms with van der Waals surface area (Å²) in [5, 5.41) is 3.74. The number of rotatable bonds is 5. The van der Waals surface area contributed by atoms with Crippen molar-refractivity contribution >= 4 is 0 Å². The first-order valence-electron chi connectivity index (χ1n) is 7.77. The molecule has 2 nitrogen and oxygen atoms in total. The van der Waals surface area contributed by atoms with Crippen molar-refractivity contribution in [2.75, 3.05) is 13.1 Å². The Hall–Kier alpha value is -0.0800. The summed E-state index contributed by atoms with van der Waals surface area (Å²) < 4.78 is 0. The van der Waals surface area contributed by atoms with E-state index in [1.807, 2.05) is 0 Å². The third-order valence-electron chi connectivity index (χ3n) is 5.29. The second kappa shape index (κ2) is 4.89. The molecule has 0 amide bonds. The molecule has 1 aliphatic carbocycles. The Kier molecular flexibility index (Phi) is 3.45. The summed E-state index contributed by atoms with van der Waals surface area (Å²) in [7, 11) is 0. The Labute approximate surface area is 106 Å². The SMILES string of the molecule is CCCNC1CC2CCC(C1)N2CC1CC1C. The molecule has 0 aromatic heterocycles. The maximum absolute atomic E-state index is 3.74. The Balaban J connectivity index is 1.52. The van der Waals surface area contributed by atoms with Gasteiger partial charge in [0.25, 0.3) is 0 Å². The van der Waals surface area contributed by atoms with E-state index in [1.54, 1.807) is 0 Å². The summed E-state index contributed by atoms with van der Waals surface area (Å²) in [6.45, 7) is 7.31. The zero-order valence-corrected chi connectivity index (χ0v) is 11.5. The standard InChI is InChI=1S/C15H28N2/c1-3-6-16-13-8-14-4-5-15(9-13)17(14)10-12-7-11(12)2/h11-16H,3-10H2,1-2H3. The summed E-state index contributed by atoms with van der Waals surface area (Å²) in [5.41, 5.74) is 0. The van der Waals surface area contributed by atoms with E-state index in [1.165, 1.54) is 51.6 Å². The van der Waals surface area contributed by atoms with Gasteiger partial charge in [-0.25, -0.2) is 0 Å². The van der Waals surface area contributed by atoms with E-state index in [0.717, 1.165) is 30.0 Å². The smallest absolute Gasteiger partial charge is 0.0114 e. The Morgan fingerprint density at radius 3 is 2.29 bits per heavy atom. The molecule has 0 radical (unpaired) electrons. The summed E-state index contributed by atoms with van der Waals surface area (Å²) in [5.74, 6) is 2.06. The summed E-state index contributed by atoms with van der Waals surface area (Å²) in [6.07, 6.45) is 8.53. The number of fused-ring (bicyclic) bond motifs is 2. The molecule has 4 atom stereocenters. The van der Waals surface area contributed by atoms with Crippen LogP contribution in [0.25, 0.3) is 0 Å². The van der Waals surface area contributed by atoms with Crippen molar-refractivity contribution in [3.63, 3.8) is 0 Å². The van der Waals surface area contributed by atoms with Gasteiger partial charge < -0.3 is 5.32 Å². The summed E-state index contributed by atoms with van der Waals surface area (Å²) in [6, 6.07) is 2.65.